The number of ether oxygens (including phenoxy) is 2. The van der Waals surface area contributed by atoms with E-state index in [1.807, 2.05) is 4.90 Å². The van der Waals surface area contributed by atoms with Crippen LogP contribution in [0.4, 0.5) is 25.4 Å². The van der Waals surface area contributed by atoms with Crippen LogP contribution < -0.4 is 25.8 Å². The third-order valence-electron chi connectivity index (χ3n) is 8.32. The first kappa shape index (κ1) is 37.1. The second-order valence-corrected chi connectivity index (χ2v) is 12.1. The van der Waals surface area contributed by atoms with E-state index in [2.05, 4.69) is 26.3 Å². The molecule has 0 spiro atoms. The number of halogens is 1. The van der Waals surface area contributed by atoms with E-state index in [4.69, 9.17) is 9.47 Å². The fourth-order valence-electron chi connectivity index (χ4n) is 5.58. The van der Waals surface area contributed by atoms with Crippen LogP contribution in [0, 0.1) is 5.82 Å². The molecule has 3 heterocycles. The summed E-state index contributed by atoms with van der Waals surface area (Å²) >= 11 is 0. The van der Waals surface area contributed by atoms with Crippen molar-refractivity contribution in [3.63, 3.8) is 0 Å². The Hall–Kier alpha value is -6.14. The third-order valence-corrected chi connectivity index (χ3v) is 8.32. The van der Waals surface area contributed by atoms with Gasteiger partial charge in [0.05, 0.1) is 36.2 Å². The molecule has 0 radical (unpaired) electrons. The smallest absolute Gasteiger partial charge is 0.414 e. The van der Waals surface area contributed by atoms with Gasteiger partial charge in [-0.25, -0.2) is 18.7 Å². The predicted molar refractivity (Wildman–Crippen MR) is 181 cm³/mol. The van der Waals surface area contributed by atoms with Crippen LogP contribution in [-0.2, 0) is 32.2 Å². The van der Waals surface area contributed by atoms with Gasteiger partial charge in [-0.15, -0.1) is 5.10 Å². The number of carbonyl (C=O) groups excluding carboxylic acids is 5. The number of para-hydroxylation sites is 1. The number of phenols is 2. The van der Waals surface area contributed by atoms with E-state index in [1.54, 1.807) is 17.0 Å². The molecule has 5 rings (SSSR count). The molecule has 0 aliphatic carbocycles. The summed E-state index contributed by atoms with van der Waals surface area (Å²) in [6.45, 7) is 3.51. The number of alkyl carbamates (subject to hydrolysis) is 1. The monoisotopic (exact) mass is 725 g/mol. The third kappa shape index (κ3) is 9.76. The zero-order valence-electron chi connectivity index (χ0n) is 28.4. The van der Waals surface area contributed by atoms with Crippen LogP contribution in [0.25, 0.3) is 0 Å². The molecule has 2 aromatic carbocycles. The number of benzene rings is 2. The number of cyclic esters (lactones) is 1. The maximum atomic E-state index is 15.2. The fraction of sp³-hybridized carbons (Fsp3) is 0.424. The molecule has 0 saturated carbocycles. The van der Waals surface area contributed by atoms with Crippen molar-refractivity contribution in [3.05, 3.63) is 59.7 Å². The predicted octanol–water partition coefficient (Wildman–Crippen LogP) is 1.07. The lowest BCUT2D eigenvalue weighted by molar-refractivity contribution is -0.132. The summed E-state index contributed by atoms with van der Waals surface area (Å²) in [7, 11) is 0. The number of nitrogens with zero attached hydrogens (tertiary/aromatic N) is 6. The van der Waals surface area contributed by atoms with Gasteiger partial charge in [-0.1, -0.05) is 11.3 Å². The number of amides is 5. The zero-order valence-corrected chi connectivity index (χ0v) is 28.4. The highest BCUT2D eigenvalue weighted by atomic mass is 19.1. The summed E-state index contributed by atoms with van der Waals surface area (Å²) in [6.07, 6.45) is 0.749. The number of aromatic hydroxyl groups is 2. The number of unbranched alkanes of at least 4 members (excludes halogenated alkanes) is 1. The van der Waals surface area contributed by atoms with E-state index >= 15 is 4.39 Å². The van der Waals surface area contributed by atoms with Gasteiger partial charge < -0.3 is 45.4 Å². The van der Waals surface area contributed by atoms with Crippen molar-refractivity contribution in [1.29, 1.82) is 0 Å². The standard InChI is InChI=1S/C33H40FN9O9/c1-21(44)37-16-24-18-43(33(50)52-24)23-7-8-27(26(34)15-23)40-11-13-41(14-12-40)29(46)19-42-17-22(38-39-42)20-51-32(49)36-10-3-2-9-35-31(48)25-5-4-6-28(45)30(25)47/h4-8,15,17,24,45,47H,2-3,9-14,16,18-20H2,1H3,(H,35,48)(H,36,49)(H,37,44)/t24-/m0/s1. The van der Waals surface area contributed by atoms with Crippen molar-refractivity contribution in [2.24, 2.45) is 0 Å². The molecule has 2 fully saturated rings. The molecule has 5 N–H and O–H groups in total. The van der Waals surface area contributed by atoms with E-state index < -0.39 is 35.8 Å². The number of hydrogen-bond donors (Lipinski definition) is 5. The highest BCUT2D eigenvalue weighted by Crippen LogP contribution is 2.29. The summed E-state index contributed by atoms with van der Waals surface area (Å²) in [5.74, 6) is -2.37. The minimum Gasteiger partial charge on any atom is -0.504 e. The van der Waals surface area contributed by atoms with Crippen LogP contribution in [0.2, 0.25) is 0 Å². The number of carbonyl (C=O) groups is 5. The van der Waals surface area contributed by atoms with Gasteiger partial charge >= 0.3 is 12.2 Å². The Bertz CT molecular complexity index is 1780. The molecule has 52 heavy (non-hydrogen) atoms. The van der Waals surface area contributed by atoms with Crippen LogP contribution in [0.15, 0.2) is 42.6 Å². The van der Waals surface area contributed by atoms with E-state index in [-0.39, 0.29) is 55.9 Å². The molecule has 278 valence electrons. The van der Waals surface area contributed by atoms with Crippen molar-refractivity contribution in [2.45, 2.75) is 39.0 Å². The molecule has 1 aromatic heterocycles. The zero-order chi connectivity index (χ0) is 37.2. The summed E-state index contributed by atoms with van der Waals surface area (Å²) in [4.78, 5) is 65.4. The van der Waals surface area contributed by atoms with Crippen molar-refractivity contribution >= 4 is 41.3 Å². The number of hydrogen-bond acceptors (Lipinski definition) is 12. The Labute approximate surface area is 297 Å². The van der Waals surface area contributed by atoms with Crippen LogP contribution in [0.3, 0.4) is 0 Å². The largest absolute Gasteiger partial charge is 0.504 e. The minimum absolute atomic E-state index is 0.0366. The Morgan fingerprint density at radius 1 is 1.02 bits per heavy atom. The van der Waals surface area contributed by atoms with Crippen molar-refractivity contribution in [1.82, 2.24) is 35.8 Å². The molecule has 2 aliphatic rings. The van der Waals surface area contributed by atoms with Gasteiger partial charge in [-0.05, 0) is 43.2 Å². The maximum absolute atomic E-state index is 15.2. The van der Waals surface area contributed by atoms with E-state index in [1.165, 1.54) is 47.0 Å². The molecule has 2 aliphatic heterocycles. The van der Waals surface area contributed by atoms with E-state index in [0.717, 1.165) is 0 Å². The molecule has 19 heteroatoms. The highest BCUT2D eigenvalue weighted by Gasteiger charge is 2.33. The van der Waals surface area contributed by atoms with Crippen LogP contribution in [0.1, 0.15) is 35.8 Å². The average molecular weight is 726 g/mol. The minimum atomic E-state index is -0.672. The number of phenolic OH excluding ortho intramolecular Hbond substituents is 2. The maximum Gasteiger partial charge on any atom is 0.414 e. The van der Waals surface area contributed by atoms with Gasteiger partial charge in [0, 0.05) is 46.2 Å². The lowest BCUT2D eigenvalue weighted by Gasteiger charge is -2.36. The first-order valence-corrected chi connectivity index (χ1v) is 16.6. The van der Waals surface area contributed by atoms with E-state index in [0.29, 0.717) is 62.6 Å². The first-order valence-electron chi connectivity index (χ1n) is 16.6. The first-order chi connectivity index (χ1) is 25.0. The molecule has 18 nitrogen and oxygen atoms in total. The van der Waals surface area contributed by atoms with Gasteiger partial charge in [0.25, 0.3) is 5.91 Å². The second kappa shape index (κ2) is 17.2. The normalized spacial score (nSPS) is 15.6. The fourth-order valence-corrected chi connectivity index (χ4v) is 5.58. The topological polar surface area (TPSA) is 221 Å². The van der Waals surface area contributed by atoms with Gasteiger partial charge in [-0.3, -0.25) is 19.3 Å². The van der Waals surface area contributed by atoms with Gasteiger partial charge in [0.1, 0.15) is 30.8 Å². The van der Waals surface area contributed by atoms with Gasteiger partial charge in [0.15, 0.2) is 11.5 Å². The Balaban J connectivity index is 0.971. The number of piperazine rings is 1. The van der Waals surface area contributed by atoms with Crippen LogP contribution in [-0.4, -0.2) is 118 Å². The SMILES string of the molecule is CC(=O)NC[C@H]1CN(c2ccc(N3CCN(C(=O)Cn4cc(COC(=O)NCCCCNC(=O)c5cccc(O)c5O)nn4)CC3)c(F)c2)C(=O)O1. The molecule has 3 aromatic rings. The quantitative estimate of drug-likeness (QED) is 0.116. The average Bonchev–Trinajstić information content (AvgIpc) is 3.74. The summed E-state index contributed by atoms with van der Waals surface area (Å²) < 4.78 is 26.9. The number of rotatable bonds is 14. The highest BCUT2D eigenvalue weighted by molar-refractivity contribution is 5.97. The lowest BCUT2D eigenvalue weighted by Crippen LogP contribution is -2.49. The molecule has 0 bridgehead atoms. The number of anilines is 2. The second-order valence-electron chi connectivity index (χ2n) is 12.1. The number of aromatic nitrogens is 3. The van der Waals surface area contributed by atoms with Gasteiger partial charge in [-0.2, -0.15) is 0 Å². The Kier molecular flexibility index (Phi) is 12.3. The van der Waals surface area contributed by atoms with Gasteiger partial charge in [0.2, 0.25) is 11.8 Å². The van der Waals surface area contributed by atoms with Crippen molar-refractivity contribution in [2.75, 3.05) is 62.2 Å². The summed E-state index contributed by atoms with van der Waals surface area (Å²) in [6, 6.07) is 8.60. The molecule has 2 saturated heterocycles. The van der Waals surface area contributed by atoms with Crippen molar-refractivity contribution in [3.8, 4) is 11.5 Å². The molecule has 5 amide bonds. The van der Waals surface area contributed by atoms with Crippen molar-refractivity contribution < 1.29 is 48.0 Å². The van der Waals surface area contributed by atoms with Crippen LogP contribution >= 0.6 is 0 Å². The molecule has 0 unspecified atom stereocenters. The Morgan fingerprint density at radius 3 is 2.50 bits per heavy atom. The lowest BCUT2D eigenvalue weighted by atomic mass is 10.1. The van der Waals surface area contributed by atoms with Crippen LogP contribution in [0.5, 0.6) is 11.5 Å². The number of nitrogens with one attached hydrogen (secondary N) is 3. The summed E-state index contributed by atoms with van der Waals surface area (Å²) in [5, 5.41) is 35.0. The van der Waals surface area contributed by atoms with E-state index in [9.17, 15) is 34.2 Å². The Morgan fingerprint density at radius 2 is 1.77 bits per heavy atom. The molecule has 1 atom stereocenters. The molecular weight excluding hydrogens is 685 g/mol. The molecular formula is C33H40FN9O9. The summed E-state index contributed by atoms with van der Waals surface area (Å²) in [5.41, 5.74) is 0.995.